The third kappa shape index (κ3) is 40.3. The molecule has 3 atom stereocenters. The molecule has 0 radical (unpaired) electrons. The fourth-order valence-electron chi connectivity index (χ4n) is 7.17. The average molecular weight is 812 g/mol. The summed E-state index contributed by atoms with van der Waals surface area (Å²) in [4.78, 5) is 26.1. The number of hydrogen-bond acceptors (Lipinski definition) is 5. The van der Waals surface area contributed by atoms with Crippen LogP contribution in [0.15, 0.2) is 60.8 Å². The number of aliphatic hydroxyl groups excluding tert-OH is 2. The van der Waals surface area contributed by atoms with E-state index in [9.17, 15) is 19.8 Å². The van der Waals surface area contributed by atoms with Crippen molar-refractivity contribution in [3.8, 4) is 0 Å². The molecule has 336 valence electrons. The maximum Gasteiger partial charge on any atom is 0.306 e. The van der Waals surface area contributed by atoms with Crippen molar-refractivity contribution in [2.24, 2.45) is 0 Å². The van der Waals surface area contributed by atoms with Crippen molar-refractivity contribution >= 4 is 11.9 Å². The van der Waals surface area contributed by atoms with Crippen molar-refractivity contribution < 1.29 is 24.5 Å². The van der Waals surface area contributed by atoms with Gasteiger partial charge in [0.1, 0.15) is 6.10 Å². The van der Waals surface area contributed by atoms with Gasteiger partial charge in [-0.15, -0.1) is 0 Å². The molecule has 0 saturated heterocycles. The third-order valence-corrected chi connectivity index (χ3v) is 10.9. The summed E-state index contributed by atoms with van der Waals surface area (Å²) in [5.41, 5.74) is 0. The van der Waals surface area contributed by atoms with E-state index in [0.717, 1.165) is 96.3 Å². The molecule has 1 amide bonds. The van der Waals surface area contributed by atoms with Crippen molar-refractivity contribution in [1.82, 2.24) is 5.32 Å². The number of ether oxygens (including phenoxy) is 1. The lowest BCUT2D eigenvalue weighted by Gasteiger charge is -2.24. The molecular formula is C52H93NO5. The fourth-order valence-corrected chi connectivity index (χ4v) is 7.17. The molecule has 0 spiro atoms. The first-order chi connectivity index (χ1) is 28.5. The molecule has 58 heavy (non-hydrogen) atoms. The predicted octanol–water partition coefficient (Wildman–Crippen LogP) is 14.5. The lowest BCUT2D eigenvalue weighted by atomic mass is 10.0. The second kappa shape index (κ2) is 45.6. The average Bonchev–Trinajstić information content (AvgIpc) is 3.22. The summed E-state index contributed by atoms with van der Waals surface area (Å²) < 4.78 is 5.91. The SMILES string of the molecule is CC/C=C/C=C/C=C\CCCCCCCC(=O)OC(CCCCCCC/C=C\C/C=C\CCCCC)CC(=O)NC(CO)C(O)CCCCCCCCCCCCC. The van der Waals surface area contributed by atoms with Crippen molar-refractivity contribution in [2.45, 2.75) is 251 Å². The zero-order valence-corrected chi connectivity index (χ0v) is 38.2. The Morgan fingerprint density at radius 2 is 1.00 bits per heavy atom. The van der Waals surface area contributed by atoms with Gasteiger partial charge in [-0.2, -0.15) is 0 Å². The quantitative estimate of drug-likeness (QED) is 0.0247. The molecule has 0 aliphatic heterocycles. The van der Waals surface area contributed by atoms with E-state index in [0.29, 0.717) is 19.3 Å². The van der Waals surface area contributed by atoms with E-state index in [1.165, 1.54) is 89.9 Å². The van der Waals surface area contributed by atoms with Crippen LogP contribution in [0, 0.1) is 0 Å². The Balaban J connectivity index is 4.66. The minimum Gasteiger partial charge on any atom is -0.462 e. The van der Waals surface area contributed by atoms with Gasteiger partial charge in [0, 0.05) is 6.42 Å². The zero-order chi connectivity index (χ0) is 42.4. The minimum absolute atomic E-state index is 0.0584. The van der Waals surface area contributed by atoms with Gasteiger partial charge in [0.05, 0.1) is 25.2 Å². The largest absolute Gasteiger partial charge is 0.462 e. The van der Waals surface area contributed by atoms with Gasteiger partial charge < -0.3 is 20.3 Å². The number of amides is 1. The van der Waals surface area contributed by atoms with Crippen LogP contribution in [0.1, 0.15) is 233 Å². The summed E-state index contributed by atoms with van der Waals surface area (Å²) in [5, 5.41) is 23.7. The maximum absolute atomic E-state index is 13.2. The number of nitrogens with one attached hydrogen (secondary N) is 1. The van der Waals surface area contributed by atoms with Gasteiger partial charge in [0.2, 0.25) is 5.91 Å². The van der Waals surface area contributed by atoms with Gasteiger partial charge in [-0.3, -0.25) is 9.59 Å². The first-order valence-corrected chi connectivity index (χ1v) is 24.5. The molecule has 0 fully saturated rings. The Bertz CT molecular complexity index is 1050. The Morgan fingerprint density at radius 3 is 1.57 bits per heavy atom. The van der Waals surface area contributed by atoms with E-state index in [1.807, 2.05) is 0 Å². The highest BCUT2D eigenvalue weighted by Crippen LogP contribution is 2.17. The minimum atomic E-state index is -0.795. The van der Waals surface area contributed by atoms with E-state index in [-0.39, 0.29) is 24.9 Å². The van der Waals surface area contributed by atoms with Crippen LogP contribution in [0.3, 0.4) is 0 Å². The number of unbranched alkanes of at least 4 members (excludes halogenated alkanes) is 23. The first-order valence-electron chi connectivity index (χ1n) is 24.5. The molecule has 0 aromatic heterocycles. The molecule has 0 aliphatic carbocycles. The van der Waals surface area contributed by atoms with Gasteiger partial charge >= 0.3 is 5.97 Å². The van der Waals surface area contributed by atoms with Crippen molar-refractivity contribution in [3.05, 3.63) is 60.8 Å². The third-order valence-electron chi connectivity index (χ3n) is 10.9. The summed E-state index contributed by atoms with van der Waals surface area (Å²) in [7, 11) is 0. The van der Waals surface area contributed by atoms with E-state index >= 15 is 0 Å². The second-order valence-corrected chi connectivity index (χ2v) is 16.5. The lowest BCUT2D eigenvalue weighted by molar-refractivity contribution is -0.151. The van der Waals surface area contributed by atoms with Crippen LogP contribution >= 0.6 is 0 Å². The summed E-state index contributed by atoms with van der Waals surface area (Å²) in [5.74, 6) is -0.512. The number of aliphatic hydroxyl groups is 2. The molecule has 3 unspecified atom stereocenters. The van der Waals surface area contributed by atoms with E-state index in [1.54, 1.807) is 0 Å². The number of carbonyl (C=O) groups is 2. The molecule has 0 aromatic carbocycles. The molecule has 6 nitrogen and oxygen atoms in total. The summed E-state index contributed by atoms with van der Waals surface area (Å²) in [6, 6.07) is -0.710. The molecule has 0 aliphatic rings. The predicted molar refractivity (Wildman–Crippen MR) is 250 cm³/mol. The van der Waals surface area contributed by atoms with Gasteiger partial charge in [-0.1, -0.05) is 204 Å². The summed E-state index contributed by atoms with van der Waals surface area (Å²) >= 11 is 0. The fraction of sp³-hybridized carbons (Fsp3) is 0.769. The Hall–Kier alpha value is -2.44. The number of hydrogen-bond donors (Lipinski definition) is 3. The molecule has 6 heteroatoms. The topological polar surface area (TPSA) is 95.9 Å². The molecule has 0 aromatic rings. The van der Waals surface area contributed by atoms with Crippen LogP contribution in [0.25, 0.3) is 0 Å². The lowest BCUT2D eigenvalue weighted by Crippen LogP contribution is -2.46. The van der Waals surface area contributed by atoms with Crippen LogP contribution in [-0.4, -0.2) is 46.9 Å². The van der Waals surface area contributed by atoms with Crippen molar-refractivity contribution in [1.29, 1.82) is 0 Å². The maximum atomic E-state index is 13.2. The molecule has 0 saturated carbocycles. The summed E-state index contributed by atoms with van der Waals surface area (Å²) in [6.07, 6.45) is 55.6. The normalized spacial score (nSPS) is 13.8. The van der Waals surface area contributed by atoms with Crippen LogP contribution in [0.2, 0.25) is 0 Å². The highest BCUT2D eigenvalue weighted by molar-refractivity contribution is 5.77. The molecule has 0 rings (SSSR count). The van der Waals surface area contributed by atoms with Crippen molar-refractivity contribution in [3.63, 3.8) is 0 Å². The number of carbonyl (C=O) groups excluding carboxylic acids is 2. The second-order valence-electron chi connectivity index (χ2n) is 16.5. The first kappa shape index (κ1) is 55.6. The van der Waals surface area contributed by atoms with E-state index < -0.39 is 18.2 Å². The number of rotatable bonds is 43. The Kier molecular flexibility index (Phi) is 43.7. The number of esters is 1. The van der Waals surface area contributed by atoms with Gasteiger partial charge in [-0.25, -0.2) is 0 Å². The van der Waals surface area contributed by atoms with Crippen molar-refractivity contribution in [2.75, 3.05) is 6.61 Å². The van der Waals surface area contributed by atoms with Crippen LogP contribution < -0.4 is 5.32 Å². The highest BCUT2D eigenvalue weighted by atomic mass is 16.5. The van der Waals surface area contributed by atoms with Crippen LogP contribution in [-0.2, 0) is 14.3 Å². The standard InChI is InChI=1S/C52H93NO5/c1-4-7-10-13-16-19-22-24-25-27-29-31-34-37-40-43-48(58-52(57)45-42-39-36-33-30-26-23-20-17-14-11-8-5-2)46-51(56)53-49(47-54)50(55)44-41-38-35-32-28-21-18-15-12-9-6-3/h8,11,14,16-17,19-20,23-25,48-50,54-55H,4-7,9-10,12-13,15,18,21-22,26-47H2,1-3H3,(H,53,56)/b11-8+,17-14+,19-16-,23-20-,25-24-. The van der Waals surface area contributed by atoms with Gasteiger partial charge in [-0.05, 0) is 77.0 Å². The van der Waals surface area contributed by atoms with E-state index in [4.69, 9.17) is 4.74 Å². The smallest absolute Gasteiger partial charge is 0.306 e. The highest BCUT2D eigenvalue weighted by Gasteiger charge is 2.24. The van der Waals surface area contributed by atoms with Gasteiger partial charge in [0.15, 0.2) is 0 Å². The Labute approximate surface area is 358 Å². The molecule has 0 heterocycles. The van der Waals surface area contributed by atoms with Crippen LogP contribution in [0.5, 0.6) is 0 Å². The zero-order valence-electron chi connectivity index (χ0n) is 38.2. The molecule has 3 N–H and O–H groups in total. The Morgan fingerprint density at radius 1 is 0.534 bits per heavy atom. The monoisotopic (exact) mass is 812 g/mol. The van der Waals surface area contributed by atoms with Gasteiger partial charge in [0.25, 0.3) is 0 Å². The number of allylic oxidation sites excluding steroid dienone is 10. The molecular weight excluding hydrogens is 719 g/mol. The summed E-state index contributed by atoms with van der Waals surface area (Å²) in [6.45, 7) is 6.30. The molecule has 0 bridgehead atoms. The van der Waals surface area contributed by atoms with E-state index in [2.05, 4.69) is 86.8 Å². The van der Waals surface area contributed by atoms with Crippen LogP contribution in [0.4, 0.5) is 0 Å².